The number of nitrogens with zero attached hydrogens (tertiary/aromatic N) is 5. The summed E-state index contributed by atoms with van der Waals surface area (Å²) in [6, 6.07) is 23.4. The van der Waals surface area contributed by atoms with E-state index in [2.05, 4.69) is 36.7 Å². The van der Waals surface area contributed by atoms with Crippen molar-refractivity contribution in [2.45, 2.75) is 12.1 Å². The molecule has 0 unspecified atom stereocenters. The fourth-order valence-electron chi connectivity index (χ4n) is 3.16. The third kappa shape index (κ3) is 6.00. The van der Waals surface area contributed by atoms with Gasteiger partial charge in [-0.3, -0.25) is 19.5 Å². The van der Waals surface area contributed by atoms with Crippen LogP contribution in [0.4, 0.5) is 5.69 Å². The number of nitrogens with one attached hydrogen (secondary N) is 1. The van der Waals surface area contributed by atoms with Gasteiger partial charge in [0.25, 0.3) is 11.6 Å². The van der Waals surface area contributed by atoms with Crippen LogP contribution in [0.1, 0.15) is 12.5 Å². The summed E-state index contributed by atoms with van der Waals surface area (Å²) in [6.45, 7) is 1.71. The molecule has 0 aliphatic rings. The minimum absolute atomic E-state index is 0.00739. The van der Waals surface area contributed by atoms with E-state index in [0.29, 0.717) is 22.3 Å². The van der Waals surface area contributed by atoms with E-state index in [9.17, 15) is 14.9 Å². The Morgan fingerprint density at radius 3 is 2.40 bits per heavy atom. The van der Waals surface area contributed by atoms with Gasteiger partial charge in [-0.25, -0.2) is 5.43 Å². The maximum absolute atomic E-state index is 12.5. The van der Waals surface area contributed by atoms with Crippen molar-refractivity contribution in [3.05, 3.63) is 99.0 Å². The lowest BCUT2D eigenvalue weighted by Gasteiger charge is -2.10. The van der Waals surface area contributed by atoms with Gasteiger partial charge in [-0.05, 0) is 48.9 Å². The Morgan fingerprint density at radius 1 is 1.06 bits per heavy atom. The number of nitro groups is 1. The van der Waals surface area contributed by atoms with E-state index in [1.54, 1.807) is 19.1 Å². The van der Waals surface area contributed by atoms with Crippen molar-refractivity contribution in [3.63, 3.8) is 0 Å². The van der Waals surface area contributed by atoms with Gasteiger partial charge in [-0.15, -0.1) is 10.2 Å². The smallest absolute Gasteiger partial charge is 0.269 e. The van der Waals surface area contributed by atoms with Crippen molar-refractivity contribution in [1.82, 2.24) is 20.2 Å². The molecule has 0 aliphatic carbocycles. The van der Waals surface area contributed by atoms with Crippen LogP contribution >= 0.6 is 27.7 Å². The van der Waals surface area contributed by atoms with E-state index in [-0.39, 0.29) is 17.3 Å². The SMILES string of the molecule is CC(=NNC(=O)CSc1nnc(-c2ccc(Br)cc2)n1-c1ccccc1)c1ccc([N+](=O)[O-])cc1. The van der Waals surface area contributed by atoms with Crippen molar-refractivity contribution in [2.75, 3.05) is 5.75 Å². The predicted molar refractivity (Wildman–Crippen MR) is 139 cm³/mol. The molecule has 0 saturated heterocycles. The maximum atomic E-state index is 12.5. The Bertz CT molecular complexity index is 1370. The van der Waals surface area contributed by atoms with Gasteiger partial charge in [-0.2, -0.15) is 5.10 Å². The molecule has 1 N–H and O–H groups in total. The monoisotopic (exact) mass is 550 g/mol. The number of halogens is 1. The van der Waals surface area contributed by atoms with Crippen LogP contribution in [0.2, 0.25) is 0 Å². The van der Waals surface area contributed by atoms with E-state index in [1.165, 1.54) is 23.9 Å². The van der Waals surface area contributed by atoms with Crippen LogP contribution in [-0.2, 0) is 4.79 Å². The molecule has 0 bridgehead atoms. The van der Waals surface area contributed by atoms with Crippen molar-refractivity contribution in [3.8, 4) is 17.1 Å². The molecule has 0 atom stereocenters. The second-order valence-electron chi connectivity index (χ2n) is 7.31. The van der Waals surface area contributed by atoms with Crippen molar-refractivity contribution in [2.24, 2.45) is 5.10 Å². The molecular weight excluding hydrogens is 532 g/mol. The summed E-state index contributed by atoms with van der Waals surface area (Å²) in [5, 5.41) is 24.2. The molecule has 1 amide bonds. The molecule has 1 aromatic heterocycles. The maximum Gasteiger partial charge on any atom is 0.269 e. The number of hydrogen-bond acceptors (Lipinski definition) is 7. The number of hydrogen-bond donors (Lipinski definition) is 1. The van der Waals surface area contributed by atoms with Gasteiger partial charge in [0.15, 0.2) is 11.0 Å². The number of amides is 1. The molecule has 11 heteroatoms. The molecule has 4 aromatic rings. The highest BCUT2D eigenvalue weighted by molar-refractivity contribution is 9.10. The van der Waals surface area contributed by atoms with E-state index in [1.807, 2.05) is 59.2 Å². The largest absolute Gasteiger partial charge is 0.272 e. The van der Waals surface area contributed by atoms with Crippen molar-refractivity contribution >= 4 is 45.0 Å². The summed E-state index contributed by atoms with van der Waals surface area (Å²) in [7, 11) is 0. The second kappa shape index (κ2) is 11.1. The number of carbonyl (C=O) groups excluding carboxylic acids is 1. The van der Waals surface area contributed by atoms with Crippen LogP contribution in [0.5, 0.6) is 0 Å². The zero-order valence-corrected chi connectivity index (χ0v) is 20.9. The van der Waals surface area contributed by atoms with Crippen LogP contribution < -0.4 is 5.43 Å². The van der Waals surface area contributed by atoms with E-state index in [0.717, 1.165) is 15.7 Å². The van der Waals surface area contributed by atoms with Gasteiger partial charge in [-0.1, -0.05) is 58.0 Å². The van der Waals surface area contributed by atoms with Crippen LogP contribution in [-0.4, -0.2) is 37.1 Å². The Morgan fingerprint density at radius 2 is 1.74 bits per heavy atom. The lowest BCUT2D eigenvalue weighted by molar-refractivity contribution is -0.384. The summed E-state index contributed by atoms with van der Waals surface area (Å²) in [4.78, 5) is 22.8. The van der Waals surface area contributed by atoms with Gasteiger partial charge >= 0.3 is 0 Å². The molecule has 176 valence electrons. The summed E-state index contributed by atoms with van der Waals surface area (Å²) in [6.07, 6.45) is 0. The molecule has 0 saturated carbocycles. The van der Waals surface area contributed by atoms with Crippen LogP contribution in [0, 0.1) is 10.1 Å². The number of non-ortho nitro benzene ring substituents is 1. The van der Waals surface area contributed by atoms with Gasteiger partial charge in [0.05, 0.1) is 16.4 Å². The number of benzene rings is 3. The third-order valence-electron chi connectivity index (χ3n) is 4.93. The standard InChI is InChI=1S/C24H19BrN6O3S/c1-16(17-9-13-21(14-10-17)31(33)34)26-27-22(32)15-35-24-29-28-23(18-7-11-19(25)12-8-18)30(24)20-5-3-2-4-6-20/h2-14H,15H2,1H3,(H,27,32). The molecule has 9 nitrogen and oxygen atoms in total. The first kappa shape index (κ1) is 24.3. The molecule has 0 fully saturated rings. The van der Waals surface area contributed by atoms with E-state index >= 15 is 0 Å². The summed E-state index contributed by atoms with van der Waals surface area (Å²) in [5.41, 5.74) is 5.49. The summed E-state index contributed by atoms with van der Waals surface area (Å²) in [5.74, 6) is 0.422. The molecule has 0 aliphatic heterocycles. The number of rotatable bonds is 8. The fraction of sp³-hybridized carbons (Fsp3) is 0.0833. The topological polar surface area (TPSA) is 115 Å². The molecule has 1 heterocycles. The first-order valence-corrected chi connectivity index (χ1v) is 12.2. The van der Waals surface area contributed by atoms with Crippen LogP contribution in [0.3, 0.4) is 0 Å². The summed E-state index contributed by atoms with van der Waals surface area (Å²) < 4.78 is 2.87. The number of nitro benzene ring substituents is 1. The average Bonchev–Trinajstić information content (AvgIpc) is 3.31. The molecule has 0 radical (unpaired) electrons. The molecule has 4 rings (SSSR count). The Kier molecular flexibility index (Phi) is 7.68. The highest BCUT2D eigenvalue weighted by Crippen LogP contribution is 2.28. The van der Waals surface area contributed by atoms with Crippen LogP contribution in [0.25, 0.3) is 17.1 Å². The second-order valence-corrected chi connectivity index (χ2v) is 9.17. The predicted octanol–water partition coefficient (Wildman–Crippen LogP) is 5.24. The highest BCUT2D eigenvalue weighted by Gasteiger charge is 2.17. The quantitative estimate of drug-likeness (QED) is 0.139. The normalized spacial score (nSPS) is 11.3. The van der Waals surface area contributed by atoms with Crippen molar-refractivity contribution < 1.29 is 9.72 Å². The summed E-state index contributed by atoms with van der Waals surface area (Å²) >= 11 is 4.69. The van der Waals surface area contributed by atoms with Gasteiger partial charge in [0.2, 0.25) is 0 Å². The number of thioether (sulfide) groups is 1. The zero-order chi connectivity index (χ0) is 24.8. The lowest BCUT2D eigenvalue weighted by atomic mass is 10.1. The Hall–Kier alpha value is -3.83. The van der Waals surface area contributed by atoms with Gasteiger partial charge in [0, 0.05) is 27.9 Å². The van der Waals surface area contributed by atoms with Gasteiger partial charge < -0.3 is 0 Å². The molecule has 0 spiro atoms. The Balaban J connectivity index is 1.48. The number of hydrazone groups is 1. The molecule has 3 aromatic carbocycles. The van der Waals surface area contributed by atoms with Crippen molar-refractivity contribution in [1.29, 1.82) is 0 Å². The zero-order valence-electron chi connectivity index (χ0n) is 18.5. The Labute approximate surface area is 213 Å². The first-order chi connectivity index (χ1) is 16.9. The number of para-hydroxylation sites is 1. The number of carbonyl (C=O) groups is 1. The van der Waals surface area contributed by atoms with E-state index < -0.39 is 4.92 Å². The third-order valence-corrected chi connectivity index (χ3v) is 6.38. The van der Waals surface area contributed by atoms with E-state index in [4.69, 9.17) is 0 Å². The minimum atomic E-state index is -0.467. The number of aromatic nitrogens is 3. The van der Waals surface area contributed by atoms with Gasteiger partial charge in [0.1, 0.15) is 0 Å². The molecular formula is C24H19BrN6O3S. The minimum Gasteiger partial charge on any atom is -0.272 e. The van der Waals surface area contributed by atoms with Crippen LogP contribution in [0.15, 0.2) is 93.6 Å². The lowest BCUT2D eigenvalue weighted by Crippen LogP contribution is -2.21. The molecule has 35 heavy (non-hydrogen) atoms. The average molecular weight is 551 g/mol. The highest BCUT2D eigenvalue weighted by atomic mass is 79.9. The first-order valence-electron chi connectivity index (χ1n) is 10.4. The fourth-order valence-corrected chi connectivity index (χ4v) is 4.17.